The average molecular weight is 280 g/mol. The van der Waals surface area contributed by atoms with Crippen molar-refractivity contribution < 1.29 is 4.74 Å². The van der Waals surface area contributed by atoms with E-state index >= 15 is 0 Å². The molecule has 0 aromatic heterocycles. The third kappa shape index (κ3) is 3.04. The van der Waals surface area contributed by atoms with Gasteiger partial charge >= 0.3 is 0 Å². The third-order valence-electron chi connectivity index (χ3n) is 5.15. The van der Waals surface area contributed by atoms with Crippen LogP contribution in [0.3, 0.4) is 0 Å². The van der Waals surface area contributed by atoms with Gasteiger partial charge in [0.2, 0.25) is 0 Å². The minimum atomic E-state index is 0.218. The van der Waals surface area contributed by atoms with E-state index in [9.17, 15) is 0 Å². The van der Waals surface area contributed by atoms with Gasteiger partial charge in [-0.2, -0.15) is 0 Å². The first-order chi connectivity index (χ1) is 9.78. The van der Waals surface area contributed by atoms with Gasteiger partial charge in [-0.05, 0) is 64.2 Å². The lowest BCUT2D eigenvalue weighted by atomic mass is 9.81. The summed E-state index contributed by atoms with van der Waals surface area (Å²) in [5.41, 5.74) is 0.218. The smallest absolute Gasteiger partial charge is 0.111 e. The fourth-order valence-electron chi connectivity index (χ4n) is 3.99. The van der Waals surface area contributed by atoms with Crippen LogP contribution in [0.15, 0.2) is 11.8 Å². The van der Waals surface area contributed by atoms with Crippen LogP contribution in [0, 0.1) is 0 Å². The van der Waals surface area contributed by atoms with E-state index in [1.807, 2.05) is 0 Å². The number of nitrogens with zero attached hydrogens (tertiary/aromatic N) is 1. The largest absolute Gasteiger partial charge is 0.497 e. The summed E-state index contributed by atoms with van der Waals surface area (Å²) >= 11 is 0. The first-order valence-corrected chi connectivity index (χ1v) is 8.59. The Labute approximate surface area is 124 Å². The van der Waals surface area contributed by atoms with Crippen molar-refractivity contribution in [2.75, 3.05) is 26.2 Å². The van der Waals surface area contributed by atoms with Crippen molar-refractivity contribution in [1.82, 2.24) is 10.2 Å². The van der Waals surface area contributed by atoms with Crippen LogP contribution in [0.25, 0.3) is 0 Å². The number of likely N-dealkylation sites (tertiary alicyclic amines) is 1. The Hall–Kier alpha value is -0.540. The van der Waals surface area contributed by atoms with Gasteiger partial charge in [0, 0.05) is 5.54 Å². The average Bonchev–Trinajstić information content (AvgIpc) is 3.04. The van der Waals surface area contributed by atoms with Gasteiger partial charge in [-0.1, -0.05) is 20.8 Å². The van der Waals surface area contributed by atoms with Crippen molar-refractivity contribution in [3.63, 3.8) is 0 Å². The van der Waals surface area contributed by atoms with Crippen LogP contribution in [0.1, 0.15) is 59.3 Å². The normalized spacial score (nSPS) is 22.4. The molecule has 0 amide bonds. The highest BCUT2D eigenvalue weighted by Crippen LogP contribution is 2.35. The quantitative estimate of drug-likeness (QED) is 0.774. The molecule has 1 atom stereocenters. The zero-order valence-corrected chi connectivity index (χ0v) is 13.6. The van der Waals surface area contributed by atoms with Crippen molar-refractivity contribution in [2.24, 2.45) is 0 Å². The van der Waals surface area contributed by atoms with Gasteiger partial charge in [0.25, 0.3) is 0 Å². The first kappa shape index (κ1) is 15.8. The summed E-state index contributed by atoms with van der Waals surface area (Å²) in [5, 5.41) is 3.74. The van der Waals surface area contributed by atoms with Gasteiger partial charge < -0.3 is 10.1 Å². The summed E-state index contributed by atoms with van der Waals surface area (Å²) in [6, 6.07) is 0.348. The maximum Gasteiger partial charge on any atom is 0.111 e. The van der Waals surface area contributed by atoms with Crippen LogP contribution in [-0.4, -0.2) is 42.7 Å². The molecule has 0 aromatic carbocycles. The van der Waals surface area contributed by atoms with Gasteiger partial charge in [-0.25, -0.2) is 0 Å². The second-order valence-corrected chi connectivity index (χ2v) is 6.09. The second-order valence-electron chi connectivity index (χ2n) is 6.09. The van der Waals surface area contributed by atoms with Crippen molar-refractivity contribution in [3.05, 3.63) is 11.8 Å². The number of hydrogen-bond donors (Lipinski definition) is 1. The molecule has 1 unspecified atom stereocenters. The number of allylic oxidation sites excluding steroid dienone is 1. The first-order valence-electron chi connectivity index (χ1n) is 8.59. The lowest BCUT2D eigenvalue weighted by molar-refractivity contribution is 0.0425. The summed E-state index contributed by atoms with van der Waals surface area (Å²) in [7, 11) is 0. The monoisotopic (exact) mass is 280 g/mol. The summed E-state index contributed by atoms with van der Waals surface area (Å²) in [5.74, 6) is 1.20. The van der Waals surface area contributed by atoms with Gasteiger partial charge in [-0.15, -0.1) is 0 Å². The van der Waals surface area contributed by atoms with Gasteiger partial charge in [0.15, 0.2) is 0 Å². The van der Waals surface area contributed by atoms with Crippen molar-refractivity contribution in [2.45, 2.75) is 70.9 Å². The molecule has 2 heterocycles. The van der Waals surface area contributed by atoms with E-state index < -0.39 is 0 Å². The molecule has 20 heavy (non-hydrogen) atoms. The molecule has 2 aliphatic heterocycles. The molecule has 0 saturated carbocycles. The van der Waals surface area contributed by atoms with E-state index in [0.29, 0.717) is 6.04 Å². The Kier molecular flexibility index (Phi) is 5.91. The van der Waals surface area contributed by atoms with Crippen LogP contribution < -0.4 is 5.32 Å². The highest BCUT2D eigenvalue weighted by Gasteiger charge is 2.44. The third-order valence-corrected chi connectivity index (χ3v) is 5.15. The number of likely N-dealkylation sites (N-methyl/N-ethyl adjacent to an activating group) is 1. The topological polar surface area (TPSA) is 24.5 Å². The predicted molar refractivity (Wildman–Crippen MR) is 84.9 cm³/mol. The van der Waals surface area contributed by atoms with Crippen molar-refractivity contribution >= 4 is 0 Å². The van der Waals surface area contributed by atoms with Gasteiger partial charge in [0.05, 0.1) is 12.6 Å². The molecule has 1 fully saturated rings. The summed E-state index contributed by atoms with van der Waals surface area (Å²) in [4.78, 5) is 2.72. The van der Waals surface area contributed by atoms with E-state index in [4.69, 9.17) is 4.74 Å². The summed E-state index contributed by atoms with van der Waals surface area (Å²) < 4.78 is 6.03. The Morgan fingerprint density at radius 2 is 1.90 bits per heavy atom. The van der Waals surface area contributed by atoms with E-state index in [2.05, 4.69) is 37.1 Å². The molecule has 0 aliphatic carbocycles. The van der Waals surface area contributed by atoms with Crippen molar-refractivity contribution in [3.8, 4) is 0 Å². The molecular weight excluding hydrogens is 248 g/mol. The Bertz CT molecular complexity index is 317. The number of ether oxygens (including phenoxy) is 1. The van der Waals surface area contributed by atoms with Gasteiger partial charge in [0.1, 0.15) is 5.76 Å². The van der Waals surface area contributed by atoms with E-state index in [-0.39, 0.29) is 5.54 Å². The van der Waals surface area contributed by atoms with E-state index in [1.54, 1.807) is 0 Å². The van der Waals surface area contributed by atoms with Crippen molar-refractivity contribution in [1.29, 1.82) is 0 Å². The lowest BCUT2D eigenvalue weighted by Gasteiger charge is -2.48. The number of hydrogen-bond acceptors (Lipinski definition) is 3. The van der Waals surface area contributed by atoms with Crippen LogP contribution in [-0.2, 0) is 4.74 Å². The molecule has 2 rings (SSSR count). The predicted octanol–water partition coefficient (Wildman–Crippen LogP) is 3.31. The molecule has 0 spiro atoms. The second kappa shape index (κ2) is 7.46. The summed E-state index contributed by atoms with van der Waals surface area (Å²) in [6.45, 7) is 11.3. The van der Waals surface area contributed by atoms with Crippen LogP contribution >= 0.6 is 0 Å². The maximum absolute atomic E-state index is 6.03. The SMILES string of the molecule is CCNC(C1=CCCCO1)C(CC)(CC)N1CCCC1. The molecular formula is C17H32N2O. The summed E-state index contributed by atoms with van der Waals surface area (Å²) in [6.07, 6.45) is 9.72. The zero-order valence-electron chi connectivity index (χ0n) is 13.6. The number of nitrogens with one attached hydrogen (secondary N) is 1. The van der Waals surface area contributed by atoms with Crippen LogP contribution in [0.2, 0.25) is 0 Å². The molecule has 0 bridgehead atoms. The Balaban J connectivity index is 2.27. The van der Waals surface area contributed by atoms with Crippen LogP contribution in [0.5, 0.6) is 0 Å². The van der Waals surface area contributed by atoms with E-state index in [1.165, 1.54) is 51.0 Å². The van der Waals surface area contributed by atoms with Gasteiger partial charge in [-0.3, -0.25) is 4.90 Å². The molecule has 1 N–H and O–H groups in total. The lowest BCUT2D eigenvalue weighted by Crippen LogP contribution is -2.61. The fraction of sp³-hybridized carbons (Fsp3) is 0.882. The Morgan fingerprint density at radius 3 is 2.40 bits per heavy atom. The molecule has 0 aromatic rings. The highest BCUT2D eigenvalue weighted by atomic mass is 16.5. The minimum absolute atomic E-state index is 0.218. The standard InChI is InChI=1S/C17H32N2O/c1-4-17(5-2,19-12-8-9-13-19)16(18-6-3)15-11-7-10-14-20-15/h11,16,18H,4-10,12-14H2,1-3H3. The number of rotatable bonds is 7. The van der Waals surface area contributed by atoms with E-state index in [0.717, 1.165) is 19.6 Å². The fourth-order valence-corrected chi connectivity index (χ4v) is 3.99. The molecule has 116 valence electrons. The zero-order chi connectivity index (χ0) is 14.4. The maximum atomic E-state index is 6.03. The highest BCUT2D eigenvalue weighted by molar-refractivity contribution is 5.16. The molecule has 3 heteroatoms. The minimum Gasteiger partial charge on any atom is -0.497 e. The molecule has 2 aliphatic rings. The molecule has 3 nitrogen and oxygen atoms in total. The van der Waals surface area contributed by atoms with Crippen LogP contribution in [0.4, 0.5) is 0 Å². The molecule has 1 saturated heterocycles. The molecule has 0 radical (unpaired) electrons. The Morgan fingerprint density at radius 1 is 1.20 bits per heavy atom.